The largest absolute Gasteiger partial charge is 0.375 e. The van der Waals surface area contributed by atoms with Gasteiger partial charge in [-0.25, -0.2) is 4.98 Å². The fourth-order valence-corrected chi connectivity index (χ4v) is 1.68. The van der Waals surface area contributed by atoms with Crippen LogP contribution in [0.15, 0.2) is 60.0 Å². The zero-order valence-electron chi connectivity index (χ0n) is 12.0. The number of para-hydroxylation sites is 1. The van der Waals surface area contributed by atoms with Crippen LogP contribution in [0.1, 0.15) is 5.82 Å². The summed E-state index contributed by atoms with van der Waals surface area (Å²) in [5, 5.41) is 4.13. The molecule has 0 saturated carbocycles. The van der Waals surface area contributed by atoms with Gasteiger partial charge in [-0.3, -0.25) is 9.98 Å². The van der Waals surface area contributed by atoms with Crippen molar-refractivity contribution in [2.24, 2.45) is 4.99 Å². The van der Waals surface area contributed by atoms with Crippen LogP contribution in [0.25, 0.3) is 10.9 Å². The summed E-state index contributed by atoms with van der Waals surface area (Å²) in [6.07, 6.45) is 7.08. The number of fused-ring (bicyclic) bond motifs is 1. The van der Waals surface area contributed by atoms with Crippen LogP contribution in [0.5, 0.6) is 0 Å². The highest BCUT2D eigenvalue weighted by atomic mass is 15.0. The van der Waals surface area contributed by atoms with Crippen molar-refractivity contribution >= 4 is 17.2 Å². The molecule has 0 saturated heterocycles. The summed E-state index contributed by atoms with van der Waals surface area (Å²) < 4.78 is 0. The lowest BCUT2D eigenvalue weighted by molar-refractivity contribution is 0.965. The van der Waals surface area contributed by atoms with E-state index in [0.717, 1.165) is 24.4 Å². The van der Waals surface area contributed by atoms with E-state index in [1.54, 1.807) is 18.7 Å². The first kappa shape index (κ1) is 14.7. The molecular formula is C16H19N5. The number of hydrogen-bond acceptors (Lipinski definition) is 4. The molecule has 1 aromatic carbocycles. The molecule has 1 aliphatic heterocycles. The number of imidazole rings is 1. The van der Waals surface area contributed by atoms with Gasteiger partial charge < -0.3 is 10.3 Å². The Hall–Kier alpha value is -2.69. The normalized spacial score (nSPS) is 11.9. The molecule has 0 spiro atoms. The maximum Gasteiger partial charge on any atom is 0.102 e. The zero-order chi connectivity index (χ0) is 14.8. The van der Waals surface area contributed by atoms with Crippen LogP contribution in [0.4, 0.5) is 0 Å². The van der Waals surface area contributed by atoms with E-state index < -0.39 is 0 Å². The minimum Gasteiger partial charge on any atom is -0.375 e. The van der Waals surface area contributed by atoms with Gasteiger partial charge in [0.05, 0.1) is 18.4 Å². The van der Waals surface area contributed by atoms with Crippen LogP contribution in [-0.4, -0.2) is 34.4 Å². The Balaban J connectivity index is 0.000000126. The third-order valence-corrected chi connectivity index (χ3v) is 2.71. The van der Waals surface area contributed by atoms with E-state index in [9.17, 15) is 0 Å². The number of rotatable bonds is 0. The van der Waals surface area contributed by atoms with E-state index in [1.807, 2.05) is 37.4 Å². The van der Waals surface area contributed by atoms with Crippen LogP contribution in [0.3, 0.4) is 0 Å². The maximum absolute atomic E-state index is 4.18. The number of hydrogen-bond donors (Lipinski definition) is 2. The molecule has 0 fully saturated rings. The summed E-state index contributed by atoms with van der Waals surface area (Å²) >= 11 is 0. The van der Waals surface area contributed by atoms with Crippen molar-refractivity contribution in [3.05, 3.63) is 60.8 Å². The number of aliphatic imine (C=N–C) groups is 1. The number of nitrogens with zero attached hydrogens (tertiary/aromatic N) is 3. The van der Waals surface area contributed by atoms with Gasteiger partial charge in [0.1, 0.15) is 5.82 Å². The van der Waals surface area contributed by atoms with E-state index >= 15 is 0 Å². The molecule has 2 aromatic heterocycles. The average molecular weight is 281 g/mol. The lowest BCUT2D eigenvalue weighted by Crippen LogP contribution is -2.04. The topological polar surface area (TPSA) is 66.0 Å². The van der Waals surface area contributed by atoms with Gasteiger partial charge in [-0.15, -0.1) is 0 Å². The van der Waals surface area contributed by atoms with E-state index in [0.29, 0.717) is 0 Å². The minimum absolute atomic E-state index is 0.958. The Morgan fingerprint density at radius 1 is 1.00 bits per heavy atom. The van der Waals surface area contributed by atoms with Crippen LogP contribution >= 0.6 is 0 Å². The summed E-state index contributed by atoms with van der Waals surface area (Å²) in [4.78, 5) is 14.8. The molecule has 5 heteroatoms. The summed E-state index contributed by atoms with van der Waals surface area (Å²) in [6, 6.07) is 12.1. The highest BCUT2D eigenvalue weighted by molar-refractivity contribution is 5.77. The standard InChI is InChI=1S/C9H7N.C4H6N2.C3H6N2/c1-2-6-9-8(4-1)5-3-7-10-9;1-4-5-2-3-6-4;1-2-5-3-4-1/h1-7H;2-3H,1H3,(H,5,6);3H,1-2H2,(H,4,5). The molecule has 4 rings (SSSR count). The van der Waals surface area contributed by atoms with Gasteiger partial charge in [0.25, 0.3) is 0 Å². The van der Waals surface area contributed by atoms with Gasteiger partial charge in [-0.1, -0.05) is 24.3 Å². The smallest absolute Gasteiger partial charge is 0.102 e. The van der Waals surface area contributed by atoms with Gasteiger partial charge in [0.2, 0.25) is 0 Å². The van der Waals surface area contributed by atoms with Crippen molar-refractivity contribution in [2.45, 2.75) is 6.92 Å². The SMILES string of the molecule is C1=NCCN1.Cc1ncc[nH]1.c1ccc2ncccc2c1. The van der Waals surface area contributed by atoms with E-state index in [4.69, 9.17) is 0 Å². The van der Waals surface area contributed by atoms with Gasteiger partial charge in [0, 0.05) is 30.5 Å². The molecule has 21 heavy (non-hydrogen) atoms. The summed E-state index contributed by atoms with van der Waals surface area (Å²) in [6.45, 7) is 3.90. The molecule has 0 unspecified atom stereocenters. The molecule has 3 heterocycles. The fraction of sp³-hybridized carbons (Fsp3) is 0.188. The van der Waals surface area contributed by atoms with E-state index in [1.165, 1.54) is 5.39 Å². The fourth-order valence-electron chi connectivity index (χ4n) is 1.68. The number of aromatic amines is 1. The number of nitrogens with one attached hydrogen (secondary N) is 2. The number of H-pyrrole nitrogens is 1. The Morgan fingerprint density at radius 3 is 2.38 bits per heavy atom. The number of aromatic nitrogens is 3. The van der Waals surface area contributed by atoms with Gasteiger partial charge >= 0.3 is 0 Å². The first-order valence-corrected chi connectivity index (χ1v) is 6.83. The van der Waals surface area contributed by atoms with Crippen LogP contribution in [0.2, 0.25) is 0 Å². The Bertz CT molecular complexity index is 590. The van der Waals surface area contributed by atoms with Crippen molar-refractivity contribution in [2.75, 3.05) is 13.1 Å². The second kappa shape index (κ2) is 8.47. The summed E-state index contributed by atoms with van der Waals surface area (Å²) in [5.74, 6) is 0.968. The quantitative estimate of drug-likeness (QED) is 0.665. The van der Waals surface area contributed by atoms with Gasteiger partial charge in [0.15, 0.2) is 0 Å². The first-order valence-electron chi connectivity index (χ1n) is 6.83. The lowest BCUT2D eigenvalue weighted by atomic mass is 10.2. The molecule has 1 aliphatic rings. The summed E-state index contributed by atoms with van der Waals surface area (Å²) in [5.41, 5.74) is 1.06. The van der Waals surface area contributed by atoms with E-state index in [2.05, 4.69) is 37.4 Å². The summed E-state index contributed by atoms with van der Waals surface area (Å²) in [7, 11) is 0. The third-order valence-electron chi connectivity index (χ3n) is 2.71. The number of pyridine rings is 1. The highest BCUT2D eigenvalue weighted by Gasteiger charge is 1.86. The van der Waals surface area contributed by atoms with Crippen molar-refractivity contribution in [1.29, 1.82) is 0 Å². The van der Waals surface area contributed by atoms with Crippen molar-refractivity contribution in [3.63, 3.8) is 0 Å². The number of aryl methyl sites for hydroxylation is 1. The highest BCUT2D eigenvalue weighted by Crippen LogP contribution is 2.07. The van der Waals surface area contributed by atoms with E-state index in [-0.39, 0.29) is 0 Å². The Kier molecular flexibility index (Phi) is 5.94. The molecule has 0 bridgehead atoms. The molecule has 0 aliphatic carbocycles. The van der Waals surface area contributed by atoms with Gasteiger partial charge in [-0.2, -0.15) is 0 Å². The Labute approximate surface area is 124 Å². The molecule has 2 N–H and O–H groups in total. The van der Waals surface area contributed by atoms with Crippen molar-refractivity contribution < 1.29 is 0 Å². The van der Waals surface area contributed by atoms with Crippen molar-refractivity contribution in [3.8, 4) is 0 Å². The lowest BCUT2D eigenvalue weighted by Gasteiger charge is -1.91. The molecule has 0 atom stereocenters. The first-order chi connectivity index (χ1) is 10.4. The minimum atomic E-state index is 0.958. The second-order valence-electron chi connectivity index (χ2n) is 4.36. The average Bonchev–Trinajstić information content (AvgIpc) is 3.24. The monoisotopic (exact) mass is 281 g/mol. The van der Waals surface area contributed by atoms with Gasteiger partial charge in [-0.05, 0) is 19.1 Å². The molecule has 5 nitrogen and oxygen atoms in total. The molecule has 3 aromatic rings. The maximum atomic E-state index is 4.18. The van der Waals surface area contributed by atoms with Crippen LogP contribution in [0, 0.1) is 6.92 Å². The zero-order valence-corrected chi connectivity index (χ0v) is 12.0. The molecule has 0 radical (unpaired) electrons. The molecule has 0 amide bonds. The third kappa shape index (κ3) is 5.44. The molecule has 108 valence electrons. The predicted octanol–water partition coefficient (Wildman–Crippen LogP) is 2.57. The second-order valence-corrected chi connectivity index (χ2v) is 4.36. The molecular weight excluding hydrogens is 262 g/mol. The van der Waals surface area contributed by atoms with Crippen LogP contribution in [-0.2, 0) is 0 Å². The van der Waals surface area contributed by atoms with Crippen molar-refractivity contribution in [1.82, 2.24) is 20.3 Å². The predicted molar refractivity (Wildman–Crippen MR) is 86.4 cm³/mol. The van der Waals surface area contributed by atoms with Crippen LogP contribution < -0.4 is 5.32 Å². The Morgan fingerprint density at radius 2 is 1.86 bits per heavy atom. The number of benzene rings is 1.